The highest BCUT2D eigenvalue weighted by molar-refractivity contribution is 6.46. The van der Waals surface area contributed by atoms with E-state index in [9.17, 15) is 14.7 Å². The average molecular weight is 486 g/mol. The summed E-state index contributed by atoms with van der Waals surface area (Å²) in [6, 6.07) is 20.4. The molecule has 6 heteroatoms. The standard InChI is InChI=1S/C30H31NO5/c1-19-6-9-22(10-7-19)18-36-24-13-11-23(12-14-24)27-26(29(33)30(34)31(27)15-16-35-4)28(32)25-17-20(2)5-8-21(25)3/h5-14,17,27,32H,15-16,18H2,1-4H3/b28-26+. The second kappa shape index (κ2) is 10.8. The number of amides is 1. The summed E-state index contributed by atoms with van der Waals surface area (Å²) in [7, 11) is 1.54. The van der Waals surface area contributed by atoms with E-state index in [4.69, 9.17) is 9.47 Å². The summed E-state index contributed by atoms with van der Waals surface area (Å²) in [5.74, 6) is -0.848. The van der Waals surface area contributed by atoms with Crippen molar-refractivity contribution in [2.24, 2.45) is 0 Å². The van der Waals surface area contributed by atoms with Gasteiger partial charge in [0, 0.05) is 19.2 Å². The number of Topliss-reactive ketones (excluding diaryl/α,β-unsaturated/α-hetero) is 1. The van der Waals surface area contributed by atoms with E-state index in [1.165, 1.54) is 10.5 Å². The Bertz CT molecular complexity index is 1290. The molecule has 6 nitrogen and oxygen atoms in total. The van der Waals surface area contributed by atoms with Gasteiger partial charge in [-0.25, -0.2) is 0 Å². The lowest BCUT2D eigenvalue weighted by Crippen LogP contribution is -2.32. The summed E-state index contributed by atoms with van der Waals surface area (Å²) in [6.45, 7) is 6.74. The molecule has 0 bridgehead atoms. The summed E-state index contributed by atoms with van der Waals surface area (Å²) in [6.07, 6.45) is 0. The van der Waals surface area contributed by atoms with E-state index in [2.05, 4.69) is 0 Å². The number of hydrogen-bond donors (Lipinski definition) is 1. The van der Waals surface area contributed by atoms with Gasteiger partial charge < -0.3 is 19.5 Å². The third-order valence-electron chi connectivity index (χ3n) is 6.45. The molecule has 3 aromatic rings. The van der Waals surface area contributed by atoms with Crippen LogP contribution in [0.4, 0.5) is 0 Å². The summed E-state index contributed by atoms with van der Waals surface area (Å²) >= 11 is 0. The van der Waals surface area contributed by atoms with Crippen LogP contribution >= 0.6 is 0 Å². The molecule has 0 radical (unpaired) electrons. The number of methoxy groups -OCH3 is 1. The molecule has 1 heterocycles. The smallest absolute Gasteiger partial charge is 0.295 e. The largest absolute Gasteiger partial charge is 0.507 e. The molecular formula is C30H31NO5. The zero-order valence-electron chi connectivity index (χ0n) is 21.1. The number of nitrogens with zero attached hydrogens (tertiary/aromatic N) is 1. The molecule has 1 N–H and O–H groups in total. The maximum atomic E-state index is 13.1. The number of ketones is 1. The minimum Gasteiger partial charge on any atom is -0.507 e. The number of aryl methyl sites for hydroxylation is 3. The van der Waals surface area contributed by atoms with Gasteiger partial charge in [0.05, 0.1) is 18.2 Å². The summed E-state index contributed by atoms with van der Waals surface area (Å²) in [5, 5.41) is 11.3. The number of hydrogen-bond acceptors (Lipinski definition) is 5. The number of likely N-dealkylation sites (tertiary alicyclic amines) is 1. The third-order valence-corrected chi connectivity index (χ3v) is 6.45. The molecule has 1 atom stereocenters. The molecule has 1 aliphatic heterocycles. The molecule has 0 spiro atoms. The van der Waals surface area contributed by atoms with Crippen molar-refractivity contribution >= 4 is 17.4 Å². The lowest BCUT2D eigenvalue weighted by atomic mass is 9.93. The maximum Gasteiger partial charge on any atom is 0.295 e. The van der Waals surface area contributed by atoms with Crippen molar-refractivity contribution in [2.45, 2.75) is 33.4 Å². The van der Waals surface area contributed by atoms with E-state index < -0.39 is 17.7 Å². The highest BCUT2D eigenvalue weighted by Gasteiger charge is 2.46. The van der Waals surface area contributed by atoms with Crippen molar-refractivity contribution in [2.75, 3.05) is 20.3 Å². The number of rotatable bonds is 8. The average Bonchev–Trinajstić information content (AvgIpc) is 3.13. The number of aliphatic hydroxyl groups is 1. The van der Waals surface area contributed by atoms with Crippen LogP contribution < -0.4 is 4.74 Å². The molecule has 0 aliphatic carbocycles. The molecule has 1 amide bonds. The van der Waals surface area contributed by atoms with Crippen molar-refractivity contribution < 1.29 is 24.2 Å². The van der Waals surface area contributed by atoms with Crippen LogP contribution in [0.5, 0.6) is 5.75 Å². The van der Waals surface area contributed by atoms with Gasteiger partial charge in [-0.15, -0.1) is 0 Å². The highest BCUT2D eigenvalue weighted by atomic mass is 16.5. The van der Waals surface area contributed by atoms with Gasteiger partial charge in [-0.3, -0.25) is 9.59 Å². The van der Waals surface area contributed by atoms with E-state index in [0.717, 1.165) is 16.7 Å². The molecule has 1 unspecified atom stereocenters. The molecule has 0 saturated carbocycles. The molecule has 0 aromatic heterocycles. The van der Waals surface area contributed by atoms with Crippen LogP contribution in [0.3, 0.4) is 0 Å². The molecule has 186 valence electrons. The Morgan fingerprint density at radius 1 is 0.917 bits per heavy atom. The lowest BCUT2D eigenvalue weighted by Gasteiger charge is -2.25. The minimum absolute atomic E-state index is 0.0816. The van der Waals surface area contributed by atoms with E-state index in [1.807, 2.05) is 87.5 Å². The number of ether oxygens (including phenoxy) is 2. The Balaban J connectivity index is 1.69. The van der Waals surface area contributed by atoms with Crippen LogP contribution in [0, 0.1) is 20.8 Å². The Morgan fingerprint density at radius 3 is 2.25 bits per heavy atom. The fourth-order valence-electron chi connectivity index (χ4n) is 4.38. The number of aliphatic hydroxyl groups excluding tert-OH is 1. The van der Waals surface area contributed by atoms with E-state index in [0.29, 0.717) is 23.5 Å². The van der Waals surface area contributed by atoms with Crippen molar-refractivity contribution in [3.63, 3.8) is 0 Å². The number of benzene rings is 3. The quantitative estimate of drug-likeness (QED) is 0.268. The number of carbonyl (C=O) groups is 2. The highest BCUT2D eigenvalue weighted by Crippen LogP contribution is 2.40. The van der Waals surface area contributed by atoms with E-state index >= 15 is 0 Å². The van der Waals surface area contributed by atoms with E-state index in [1.54, 1.807) is 7.11 Å². The van der Waals surface area contributed by atoms with Crippen molar-refractivity contribution in [1.29, 1.82) is 0 Å². The van der Waals surface area contributed by atoms with E-state index in [-0.39, 0.29) is 24.5 Å². The fraction of sp³-hybridized carbons (Fsp3) is 0.267. The predicted octanol–water partition coefficient (Wildman–Crippen LogP) is 5.26. The SMILES string of the molecule is COCCN1C(=O)C(=O)/C(=C(/O)c2cc(C)ccc2C)C1c1ccc(OCc2ccc(C)cc2)cc1. The zero-order valence-corrected chi connectivity index (χ0v) is 21.1. The van der Waals surface area contributed by atoms with Crippen LogP contribution in [0.1, 0.15) is 39.4 Å². The first-order chi connectivity index (χ1) is 17.3. The van der Waals surface area contributed by atoms with Crippen LogP contribution in [-0.4, -0.2) is 42.0 Å². The summed E-state index contributed by atoms with van der Waals surface area (Å²) < 4.78 is 11.1. The zero-order chi connectivity index (χ0) is 25.8. The Morgan fingerprint density at radius 2 is 1.58 bits per heavy atom. The van der Waals surface area contributed by atoms with Crippen molar-refractivity contribution in [3.8, 4) is 5.75 Å². The van der Waals surface area contributed by atoms with Gasteiger partial charge in [0.2, 0.25) is 0 Å². The monoisotopic (exact) mass is 485 g/mol. The van der Waals surface area contributed by atoms with Gasteiger partial charge in [-0.2, -0.15) is 0 Å². The fourth-order valence-corrected chi connectivity index (χ4v) is 4.38. The van der Waals surface area contributed by atoms with Gasteiger partial charge >= 0.3 is 0 Å². The first-order valence-electron chi connectivity index (χ1n) is 11.9. The van der Waals surface area contributed by atoms with Crippen LogP contribution in [-0.2, 0) is 20.9 Å². The van der Waals surface area contributed by atoms with Crippen molar-refractivity contribution in [3.05, 3.63) is 106 Å². The molecule has 4 rings (SSSR count). The lowest BCUT2D eigenvalue weighted by molar-refractivity contribution is -0.140. The van der Waals surface area contributed by atoms with Gasteiger partial charge in [0.15, 0.2) is 0 Å². The Hall–Kier alpha value is -3.90. The minimum atomic E-state index is -0.730. The topological polar surface area (TPSA) is 76.1 Å². The van der Waals surface area contributed by atoms with Gasteiger partial charge in [-0.1, -0.05) is 59.7 Å². The van der Waals surface area contributed by atoms with Gasteiger partial charge in [-0.05, 0) is 55.7 Å². The predicted molar refractivity (Wildman–Crippen MR) is 139 cm³/mol. The Kier molecular flexibility index (Phi) is 7.55. The Labute approximate surface area is 211 Å². The third kappa shape index (κ3) is 5.19. The van der Waals surface area contributed by atoms with Gasteiger partial charge in [0.25, 0.3) is 11.7 Å². The second-order valence-corrected chi connectivity index (χ2v) is 9.15. The molecule has 3 aromatic carbocycles. The van der Waals surface area contributed by atoms with Crippen LogP contribution in [0.15, 0.2) is 72.3 Å². The summed E-state index contributed by atoms with van der Waals surface area (Å²) in [5.41, 5.74) is 5.35. The molecule has 36 heavy (non-hydrogen) atoms. The number of carbonyl (C=O) groups excluding carboxylic acids is 2. The second-order valence-electron chi connectivity index (χ2n) is 9.15. The van der Waals surface area contributed by atoms with Crippen LogP contribution in [0.25, 0.3) is 5.76 Å². The first kappa shape index (κ1) is 25.2. The molecule has 1 fully saturated rings. The first-order valence-corrected chi connectivity index (χ1v) is 11.9. The summed E-state index contributed by atoms with van der Waals surface area (Å²) in [4.78, 5) is 27.6. The molecule has 1 saturated heterocycles. The maximum absolute atomic E-state index is 13.1. The van der Waals surface area contributed by atoms with Crippen LogP contribution in [0.2, 0.25) is 0 Å². The molecule has 1 aliphatic rings. The normalized spacial score (nSPS) is 17.0. The van der Waals surface area contributed by atoms with Gasteiger partial charge in [0.1, 0.15) is 18.1 Å². The molecular weight excluding hydrogens is 454 g/mol. The van der Waals surface area contributed by atoms with Crippen molar-refractivity contribution in [1.82, 2.24) is 4.90 Å².